The molecule has 0 bridgehead atoms. The van der Waals surface area contributed by atoms with Gasteiger partial charge in [-0.2, -0.15) is 0 Å². The van der Waals surface area contributed by atoms with Gasteiger partial charge in [-0.25, -0.2) is 0 Å². The molecule has 1 aliphatic heterocycles. The van der Waals surface area contributed by atoms with Crippen LogP contribution in [0, 0.1) is 0 Å². The maximum absolute atomic E-state index is 12.3. The van der Waals surface area contributed by atoms with E-state index < -0.39 is 24.0 Å². The summed E-state index contributed by atoms with van der Waals surface area (Å²) in [5.74, 6) is -1.12. The van der Waals surface area contributed by atoms with Gasteiger partial charge in [-0.05, 0) is 0 Å². The Kier molecular flexibility index (Phi) is 13.3. The Bertz CT molecular complexity index is 948. The molecule has 0 spiro atoms. The first-order valence-corrected chi connectivity index (χ1v) is 12.4. The minimum atomic E-state index is -1.14. The topological polar surface area (TPSA) is 95.5 Å². The molecule has 0 saturated heterocycles. The first kappa shape index (κ1) is 28.0. The second-order valence-corrected chi connectivity index (χ2v) is 9.04. The molecule has 1 rings (SSSR count). The van der Waals surface area contributed by atoms with Crippen LogP contribution in [0.2, 0.25) is 0 Å². The molecule has 0 aromatic rings. The summed E-state index contributed by atoms with van der Waals surface area (Å²) in [6.45, 7) is 16.0. The molecule has 0 aliphatic carbocycles. The van der Waals surface area contributed by atoms with E-state index in [0.29, 0.717) is 11.3 Å². The van der Waals surface area contributed by atoms with Crippen molar-refractivity contribution in [2.24, 2.45) is 0 Å². The summed E-state index contributed by atoms with van der Waals surface area (Å²) >= 11 is 0. The van der Waals surface area contributed by atoms with Crippen LogP contribution in [0.15, 0.2) is 98.2 Å². The quantitative estimate of drug-likeness (QED) is 0.109. The molecule has 0 radical (unpaired) electrons. The number of hydrogen-bond donors (Lipinski definition) is 3. The van der Waals surface area contributed by atoms with E-state index in [1.165, 1.54) is 33.7 Å². The molecule has 0 fully saturated rings. The summed E-state index contributed by atoms with van der Waals surface area (Å²) in [6, 6.07) is -1.51. The van der Waals surface area contributed by atoms with Crippen LogP contribution in [-0.4, -0.2) is 58.8 Å². The Morgan fingerprint density at radius 2 is 1.82 bits per heavy atom. The molecule has 0 aromatic carbocycles. The number of hydrogen-bond acceptors (Lipinski definition) is 6. The zero-order chi connectivity index (χ0) is 24.6. The van der Waals surface area contributed by atoms with E-state index >= 15 is 0 Å². The Morgan fingerprint density at radius 1 is 1.09 bits per heavy atom. The third-order valence-electron chi connectivity index (χ3n) is 4.14. The number of carboxylic acids is 1. The van der Waals surface area contributed by atoms with Crippen LogP contribution in [0.25, 0.3) is 0 Å². The van der Waals surface area contributed by atoms with Crippen LogP contribution in [-0.2, 0) is 14.4 Å². The first-order valence-electron chi connectivity index (χ1n) is 9.92. The Hall–Kier alpha value is -3.04. The number of allylic oxidation sites excluding steroid dienone is 8. The van der Waals surface area contributed by atoms with E-state index in [1.54, 1.807) is 49.5 Å². The van der Waals surface area contributed by atoms with Gasteiger partial charge in [-0.3, -0.25) is 0 Å². The third-order valence-corrected chi connectivity index (χ3v) is 6.56. The Labute approximate surface area is 203 Å². The Morgan fingerprint density at radius 3 is 2.42 bits per heavy atom. The molecule has 2 unspecified atom stereocenters. The first-order chi connectivity index (χ1) is 15.9. The molecule has 3 N–H and O–H groups in total. The van der Waals surface area contributed by atoms with Gasteiger partial charge in [0, 0.05) is 0 Å². The predicted octanol–water partition coefficient (Wildman–Crippen LogP) is 2.98. The van der Waals surface area contributed by atoms with Crippen LogP contribution in [0.5, 0.6) is 0 Å². The molecule has 1 aliphatic rings. The number of carboxylic acid groups (broad SMARTS) is 1. The third kappa shape index (κ3) is 9.97. The van der Waals surface area contributed by atoms with Gasteiger partial charge in [0.05, 0.1) is 0 Å². The normalized spacial score (nSPS) is 17.2. The number of rotatable bonds is 15. The van der Waals surface area contributed by atoms with Gasteiger partial charge < -0.3 is 0 Å². The van der Waals surface area contributed by atoms with E-state index in [9.17, 15) is 19.5 Å². The molecule has 0 saturated carbocycles. The molecule has 1 amide bonds. The number of amides is 1. The monoisotopic (exact) mass is 482 g/mol. The zero-order valence-electron chi connectivity index (χ0n) is 18.2. The summed E-state index contributed by atoms with van der Waals surface area (Å²) in [4.78, 5) is 36.2. The fourth-order valence-electron chi connectivity index (χ4n) is 2.49. The van der Waals surface area contributed by atoms with Crippen molar-refractivity contribution in [3.8, 4) is 0 Å². The van der Waals surface area contributed by atoms with Crippen LogP contribution in [0.4, 0.5) is 0 Å². The fourth-order valence-corrected chi connectivity index (χ4v) is 4.82. The van der Waals surface area contributed by atoms with Crippen molar-refractivity contribution < 1.29 is 19.5 Å². The predicted molar refractivity (Wildman–Crippen MR) is 142 cm³/mol. The average Bonchev–Trinajstić information content (AvgIpc) is 3.16. The summed E-state index contributed by atoms with van der Waals surface area (Å²) in [6.07, 6.45) is 16.3. The Balaban J connectivity index is 2.61. The molecule has 6 nitrogen and oxygen atoms in total. The summed E-state index contributed by atoms with van der Waals surface area (Å²) in [5.41, 5.74) is 1.68. The van der Waals surface area contributed by atoms with E-state index in [-0.39, 0.29) is 17.0 Å². The number of nitrogens with one attached hydrogen (secondary N) is 2. The van der Waals surface area contributed by atoms with E-state index in [4.69, 9.17) is 0 Å². The van der Waals surface area contributed by atoms with Crippen molar-refractivity contribution in [3.63, 3.8) is 0 Å². The minimum absolute atomic E-state index is 0.0588. The van der Waals surface area contributed by atoms with Crippen molar-refractivity contribution in [2.75, 3.05) is 11.5 Å². The van der Waals surface area contributed by atoms with E-state index in [0.717, 1.165) is 5.57 Å². The average molecular weight is 482 g/mol. The van der Waals surface area contributed by atoms with E-state index in [1.807, 2.05) is 6.08 Å². The molecule has 9 heteroatoms. The van der Waals surface area contributed by atoms with Crippen molar-refractivity contribution >= 4 is 51.7 Å². The second-order valence-electron chi connectivity index (χ2n) is 6.49. The molecular weight excluding hydrogens is 455 g/mol. The summed E-state index contributed by atoms with van der Waals surface area (Å²) in [7, 11) is 2.63. The second kappa shape index (κ2) is 15.7. The summed E-state index contributed by atoms with van der Waals surface area (Å²) < 4.78 is 0. The van der Waals surface area contributed by atoms with Gasteiger partial charge >= 0.3 is 185 Å². The molecule has 33 heavy (non-hydrogen) atoms. The number of aliphatic carboxylic acids is 1. The molecule has 1 heterocycles. The zero-order valence-corrected chi connectivity index (χ0v) is 19.9. The van der Waals surface area contributed by atoms with Gasteiger partial charge in [-0.1, -0.05) is 18.7 Å². The molecule has 2 atom stereocenters. The van der Waals surface area contributed by atoms with Crippen molar-refractivity contribution in [1.29, 1.82) is 0 Å². The van der Waals surface area contributed by atoms with E-state index in [2.05, 4.69) is 36.9 Å². The van der Waals surface area contributed by atoms with Crippen molar-refractivity contribution in [2.45, 2.75) is 12.1 Å². The van der Waals surface area contributed by atoms with Crippen molar-refractivity contribution in [3.05, 3.63) is 98.2 Å². The molecular formula is C24H27BN2O4S2. The van der Waals surface area contributed by atoms with Gasteiger partial charge in [0.1, 0.15) is 0 Å². The number of carbonyl (C=O) groups is 3. The van der Waals surface area contributed by atoms with Crippen LogP contribution < -0.4 is 10.6 Å². The van der Waals surface area contributed by atoms with Crippen LogP contribution in [0.1, 0.15) is 0 Å². The fraction of sp³-hybridized carbons (Fsp3) is 0.167. The molecule has 0 aromatic heterocycles. The van der Waals surface area contributed by atoms with Crippen LogP contribution >= 0.6 is 21.6 Å². The van der Waals surface area contributed by atoms with Crippen molar-refractivity contribution in [1.82, 2.24) is 10.6 Å². The van der Waals surface area contributed by atoms with Gasteiger partial charge in [0.25, 0.3) is 0 Å². The maximum atomic E-state index is 12.3. The van der Waals surface area contributed by atoms with Crippen LogP contribution in [0.3, 0.4) is 0 Å². The SMILES string of the molecule is C=C/C=C\C=C(/C=C)C(=O)NC(CSSCC1NC(C(/C=C\C=C)=C/C=C)=BC1=O)C(=O)O. The van der Waals surface area contributed by atoms with Gasteiger partial charge in [0.2, 0.25) is 0 Å². The van der Waals surface area contributed by atoms with Gasteiger partial charge in [0.15, 0.2) is 0 Å². The number of carbonyl (C=O) groups excluding carboxylic acids is 2. The van der Waals surface area contributed by atoms with Gasteiger partial charge in [-0.15, -0.1) is 0 Å². The summed E-state index contributed by atoms with van der Waals surface area (Å²) in [5, 5.41) is 15.1. The standard InChI is InChI=1S/C24H27BN2O4S2/c1-5-9-11-14-17(8-4)23(29)27-20(24(30)31)16-33-32-15-19-22(28)25-21(26-19)18(12-7-3)13-10-6-2/h5-14,19-20,26H,1-4,15-16H2,(H,27,29)(H,30,31)/b11-9-,13-10-,17-14+,18-12+. The molecule has 172 valence electrons.